The van der Waals surface area contributed by atoms with E-state index >= 15 is 0 Å². The molecule has 0 aromatic rings. The Hall–Kier alpha value is 0.400. The van der Waals surface area contributed by atoms with Gasteiger partial charge in [0.05, 0.1) is 0 Å². The van der Waals surface area contributed by atoms with Crippen molar-refractivity contribution in [3.63, 3.8) is 0 Å². The molecule has 2 bridgehead atoms. The highest BCUT2D eigenvalue weighted by molar-refractivity contribution is 9.10. The molecule has 0 spiro atoms. The number of alkyl halides is 1. The van der Waals surface area contributed by atoms with Crippen LogP contribution in [-0.4, -0.2) is 29.0 Å². The van der Waals surface area contributed by atoms with Crippen molar-refractivity contribution >= 4 is 15.9 Å². The number of nitrogens with zero attached hydrogens (tertiary/aromatic N) is 1. The van der Waals surface area contributed by atoms with Gasteiger partial charge in [-0.3, -0.25) is 5.43 Å². The molecule has 2 nitrogen and oxygen atoms in total. The molecular formula is C6H11BrN2. The summed E-state index contributed by atoms with van der Waals surface area (Å²) in [6, 6.07) is 0. The molecule has 0 aromatic carbocycles. The molecule has 0 amide bonds. The molecule has 9 heavy (non-hydrogen) atoms. The van der Waals surface area contributed by atoms with Crippen molar-refractivity contribution in [2.45, 2.75) is 17.2 Å². The van der Waals surface area contributed by atoms with E-state index in [4.69, 9.17) is 0 Å². The molecule has 1 N–H and O–H groups in total. The zero-order valence-corrected chi connectivity index (χ0v) is 6.95. The number of piperidine rings is 1. The summed E-state index contributed by atoms with van der Waals surface area (Å²) >= 11 is 3.74. The summed E-state index contributed by atoms with van der Waals surface area (Å²) in [6.45, 7) is 3.55. The van der Waals surface area contributed by atoms with E-state index in [1.807, 2.05) is 0 Å². The fraction of sp³-hybridized carbons (Fsp3) is 1.00. The Morgan fingerprint density at radius 2 is 2.00 bits per heavy atom. The largest absolute Gasteiger partial charge is 0.254 e. The highest BCUT2D eigenvalue weighted by atomic mass is 79.9. The summed E-state index contributed by atoms with van der Waals surface area (Å²) in [5.74, 6) is 0. The third kappa shape index (κ3) is 1.02. The first kappa shape index (κ1) is 6.13. The lowest BCUT2D eigenvalue weighted by Crippen LogP contribution is -2.59. The van der Waals surface area contributed by atoms with Crippen LogP contribution in [-0.2, 0) is 0 Å². The van der Waals surface area contributed by atoms with Crippen LogP contribution in [0.3, 0.4) is 0 Å². The lowest BCUT2D eigenvalue weighted by atomic mass is 9.95. The monoisotopic (exact) mass is 190 g/mol. The van der Waals surface area contributed by atoms with Crippen molar-refractivity contribution in [3.8, 4) is 0 Å². The third-order valence-electron chi connectivity index (χ3n) is 2.28. The number of rotatable bonds is 0. The Balaban J connectivity index is 2.11. The Morgan fingerprint density at radius 3 is 2.22 bits per heavy atom. The van der Waals surface area contributed by atoms with Crippen molar-refractivity contribution in [1.82, 2.24) is 10.4 Å². The maximum Gasteiger partial charge on any atom is 0.0421 e. The quantitative estimate of drug-likeness (QED) is 0.568. The summed E-state index contributed by atoms with van der Waals surface area (Å²) in [5.41, 5.74) is 3.35. The summed E-state index contributed by atoms with van der Waals surface area (Å²) in [6.07, 6.45) is 2.61. The minimum atomic E-state index is 0.446. The smallest absolute Gasteiger partial charge is 0.0421 e. The van der Waals surface area contributed by atoms with Gasteiger partial charge in [0.2, 0.25) is 0 Å². The predicted octanol–water partition coefficient (Wildman–Crippen LogP) is 0.734. The molecule has 0 atom stereocenters. The van der Waals surface area contributed by atoms with Crippen LogP contribution in [0.5, 0.6) is 0 Å². The normalized spacial score (nSPS) is 49.7. The summed E-state index contributed by atoms with van der Waals surface area (Å²) in [4.78, 5) is 0. The second-order valence-corrected chi connectivity index (χ2v) is 4.66. The van der Waals surface area contributed by atoms with Gasteiger partial charge in [-0.2, -0.15) is 0 Å². The van der Waals surface area contributed by atoms with E-state index in [1.165, 1.54) is 25.9 Å². The van der Waals surface area contributed by atoms with E-state index in [2.05, 4.69) is 26.4 Å². The van der Waals surface area contributed by atoms with Crippen LogP contribution in [0.1, 0.15) is 12.8 Å². The fourth-order valence-corrected chi connectivity index (χ4v) is 1.98. The molecule has 0 radical (unpaired) electrons. The molecule has 3 heteroatoms. The zero-order chi connectivity index (χ0) is 6.32. The first-order valence-electron chi connectivity index (χ1n) is 3.46. The number of hydrogen-bond acceptors (Lipinski definition) is 2. The van der Waals surface area contributed by atoms with Gasteiger partial charge in [0.25, 0.3) is 0 Å². The molecule has 3 rings (SSSR count). The van der Waals surface area contributed by atoms with E-state index in [0.717, 1.165) is 6.54 Å². The molecule has 0 unspecified atom stereocenters. The van der Waals surface area contributed by atoms with Crippen LogP contribution in [0.4, 0.5) is 0 Å². The minimum Gasteiger partial charge on any atom is -0.254 e. The Kier molecular flexibility index (Phi) is 1.32. The van der Waals surface area contributed by atoms with E-state index in [-0.39, 0.29) is 0 Å². The minimum absolute atomic E-state index is 0.446. The van der Waals surface area contributed by atoms with Crippen molar-refractivity contribution in [1.29, 1.82) is 0 Å². The summed E-state index contributed by atoms with van der Waals surface area (Å²) < 4.78 is 0.446. The lowest BCUT2D eigenvalue weighted by Gasteiger charge is -2.45. The van der Waals surface area contributed by atoms with Gasteiger partial charge in [0, 0.05) is 24.0 Å². The van der Waals surface area contributed by atoms with Crippen molar-refractivity contribution in [3.05, 3.63) is 0 Å². The SMILES string of the molecule is BrC12CCN(CC1)NC2. The van der Waals surface area contributed by atoms with Crippen LogP contribution >= 0.6 is 15.9 Å². The van der Waals surface area contributed by atoms with Crippen molar-refractivity contribution in [2.24, 2.45) is 0 Å². The maximum absolute atomic E-state index is 3.74. The van der Waals surface area contributed by atoms with Gasteiger partial charge in [0.15, 0.2) is 0 Å². The fourth-order valence-electron chi connectivity index (χ4n) is 1.50. The predicted molar refractivity (Wildman–Crippen MR) is 40.5 cm³/mol. The molecular weight excluding hydrogens is 180 g/mol. The van der Waals surface area contributed by atoms with Crippen LogP contribution in [0.25, 0.3) is 0 Å². The van der Waals surface area contributed by atoms with Gasteiger partial charge >= 0.3 is 0 Å². The number of halogens is 1. The first-order valence-corrected chi connectivity index (χ1v) is 4.25. The van der Waals surface area contributed by atoms with Crippen molar-refractivity contribution in [2.75, 3.05) is 19.6 Å². The summed E-state index contributed by atoms with van der Waals surface area (Å²) in [7, 11) is 0. The molecule has 3 fully saturated rings. The van der Waals surface area contributed by atoms with Gasteiger partial charge in [-0.25, -0.2) is 5.01 Å². The molecule has 3 saturated heterocycles. The van der Waals surface area contributed by atoms with Gasteiger partial charge in [0.1, 0.15) is 0 Å². The molecule has 3 heterocycles. The van der Waals surface area contributed by atoms with E-state index in [0.29, 0.717) is 4.32 Å². The number of hydrogen-bond donors (Lipinski definition) is 1. The second-order valence-electron chi connectivity index (χ2n) is 2.97. The van der Waals surface area contributed by atoms with Crippen LogP contribution in [0.15, 0.2) is 0 Å². The Bertz CT molecular complexity index is 104. The first-order chi connectivity index (χ1) is 4.29. The van der Waals surface area contributed by atoms with Crippen LogP contribution in [0, 0.1) is 0 Å². The molecule has 0 aromatic heterocycles. The van der Waals surface area contributed by atoms with E-state index in [9.17, 15) is 0 Å². The van der Waals surface area contributed by atoms with Gasteiger partial charge < -0.3 is 0 Å². The second kappa shape index (κ2) is 1.94. The number of hydrazine groups is 1. The number of nitrogens with one attached hydrogen (secondary N) is 1. The van der Waals surface area contributed by atoms with Crippen molar-refractivity contribution < 1.29 is 0 Å². The van der Waals surface area contributed by atoms with E-state index < -0.39 is 0 Å². The topological polar surface area (TPSA) is 15.3 Å². The number of fused-ring (bicyclic) bond motifs is 3. The highest BCUT2D eigenvalue weighted by Crippen LogP contribution is 2.33. The Morgan fingerprint density at radius 1 is 1.33 bits per heavy atom. The van der Waals surface area contributed by atoms with E-state index in [1.54, 1.807) is 0 Å². The van der Waals surface area contributed by atoms with Gasteiger partial charge in [-0.05, 0) is 12.8 Å². The zero-order valence-electron chi connectivity index (χ0n) is 5.36. The molecule has 52 valence electrons. The van der Waals surface area contributed by atoms with Gasteiger partial charge in [-0.1, -0.05) is 15.9 Å². The molecule has 3 aliphatic rings. The van der Waals surface area contributed by atoms with Crippen LogP contribution in [0.2, 0.25) is 0 Å². The average molecular weight is 191 g/mol. The molecule has 3 aliphatic heterocycles. The average Bonchev–Trinajstić information content (AvgIpc) is 1.90. The maximum atomic E-state index is 3.74. The summed E-state index contributed by atoms with van der Waals surface area (Å²) in [5, 5.41) is 2.31. The van der Waals surface area contributed by atoms with Crippen LogP contribution < -0.4 is 5.43 Å². The molecule has 0 saturated carbocycles. The standard InChI is InChI=1S/C6H11BrN2/c7-6-1-3-9(4-2-6)8-5-6/h8H,1-5H2. The van der Waals surface area contributed by atoms with Gasteiger partial charge in [-0.15, -0.1) is 0 Å². The Labute approximate surface area is 63.7 Å². The lowest BCUT2D eigenvalue weighted by molar-refractivity contribution is 0.0762. The third-order valence-corrected chi connectivity index (χ3v) is 3.35. The highest BCUT2D eigenvalue weighted by Gasteiger charge is 2.36. The molecule has 0 aliphatic carbocycles.